The number of piperidine rings is 2. The smallest absolute Gasteiger partial charge is 0.322 e. The Kier molecular flexibility index (Phi) is 2.69. The van der Waals surface area contributed by atoms with E-state index in [0.717, 1.165) is 19.3 Å². The third-order valence-corrected chi connectivity index (χ3v) is 4.35. The van der Waals surface area contributed by atoms with Crippen molar-refractivity contribution in [2.75, 3.05) is 0 Å². The van der Waals surface area contributed by atoms with Crippen LogP contribution in [0.25, 0.3) is 0 Å². The van der Waals surface area contributed by atoms with Crippen molar-refractivity contribution >= 4 is 11.7 Å². The molecule has 1 aliphatic carbocycles. The fourth-order valence-corrected chi connectivity index (χ4v) is 3.27. The zero-order valence-corrected chi connectivity index (χ0v) is 10.9. The SMILES string of the molecule is CC(=O)ON1C(C)(C)[C@H]2CC[C@@]1(C)/C(=N\O)C2. The number of hydrogen-bond acceptors (Lipinski definition) is 5. The molecule has 17 heavy (non-hydrogen) atoms. The van der Waals surface area contributed by atoms with Gasteiger partial charge in [-0.2, -0.15) is 0 Å². The maximum Gasteiger partial charge on any atom is 0.322 e. The molecule has 2 aliphatic heterocycles. The average molecular weight is 240 g/mol. The number of rotatable bonds is 1. The lowest BCUT2D eigenvalue weighted by molar-refractivity contribution is -0.272. The van der Waals surface area contributed by atoms with Crippen molar-refractivity contribution in [1.82, 2.24) is 5.06 Å². The first kappa shape index (κ1) is 12.4. The summed E-state index contributed by atoms with van der Waals surface area (Å²) in [6, 6.07) is 0. The lowest BCUT2D eigenvalue weighted by Crippen LogP contribution is -2.71. The van der Waals surface area contributed by atoms with Gasteiger partial charge in [0, 0.05) is 6.92 Å². The van der Waals surface area contributed by atoms with Crippen molar-refractivity contribution in [2.24, 2.45) is 11.1 Å². The van der Waals surface area contributed by atoms with Gasteiger partial charge in [-0.1, -0.05) is 5.16 Å². The highest BCUT2D eigenvalue weighted by atomic mass is 16.7. The molecule has 5 heteroatoms. The molecule has 96 valence electrons. The van der Waals surface area contributed by atoms with Crippen LogP contribution in [0.4, 0.5) is 0 Å². The fraction of sp³-hybridized carbons (Fsp3) is 0.833. The molecule has 0 spiro atoms. The molecule has 1 N–H and O–H groups in total. The van der Waals surface area contributed by atoms with Crippen LogP contribution < -0.4 is 0 Å². The van der Waals surface area contributed by atoms with E-state index in [1.54, 1.807) is 5.06 Å². The Morgan fingerprint density at radius 2 is 2.18 bits per heavy atom. The minimum Gasteiger partial charge on any atom is -0.411 e. The van der Waals surface area contributed by atoms with Gasteiger partial charge in [0.05, 0.1) is 16.8 Å². The zero-order valence-electron chi connectivity index (χ0n) is 10.9. The largest absolute Gasteiger partial charge is 0.411 e. The Bertz CT molecular complexity index is 378. The van der Waals surface area contributed by atoms with Gasteiger partial charge in [-0.25, -0.2) is 0 Å². The van der Waals surface area contributed by atoms with Gasteiger partial charge in [0.1, 0.15) is 0 Å². The summed E-state index contributed by atoms with van der Waals surface area (Å²) in [6.07, 6.45) is 2.70. The molecule has 0 aromatic carbocycles. The van der Waals surface area contributed by atoms with E-state index in [2.05, 4.69) is 19.0 Å². The Hall–Kier alpha value is -1.10. The molecule has 3 fully saturated rings. The minimum atomic E-state index is -0.474. The molecular formula is C12H20N2O3. The summed E-state index contributed by atoms with van der Waals surface area (Å²) in [5.74, 6) is 0.0266. The van der Waals surface area contributed by atoms with Crippen LogP contribution in [-0.4, -0.2) is 33.0 Å². The number of fused-ring (bicyclic) bond motifs is 3. The van der Waals surface area contributed by atoms with Gasteiger partial charge < -0.3 is 10.0 Å². The molecule has 3 aliphatic rings. The van der Waals surface area contributed by atoms with Crippen LogP contribution in [0.1, 0.15) is 47.0 Å². The summed E-state index contributed by atoms with van der Waals surface area (Å²) in [5, 5.41) is 14.3. The first-order valence-electron chi connectivity index (χ1n) is 6.02. The fourth-order valence-electron chi connectivity index (χ4n) is 3.27. The second kappa shape index (κ2) is 3.70. The summed E-state index contributed by atoms with van der Waals surface area (Å²) in [5.41, 5.74) is 0.0280. The molecule has 3 rings (SSSR count). The topological polar surface area (TPSA) is 62.1 Å². The van der Waals surface area contributed by atoms with Crippen molar-refractivity contribution in [3.05, 3.63) is 0 Å². The van der Waals surface area contributed by atoms with Crippen molar-refractivity contribution in [1.29, 1.82) is 0 Å². The average Bonchev–Trinajstić information content (AvgIpc) is 2.23. The van der Waals surface area contributed by atoms with E-state index in [4.69, 9.17) is 10.0 Å². The third-order valence-electron chi connectivity index (χ3n) is 4.35. The number of hydroxylamine groups is 2. The van der Waals surface area contributed by atoms with E-state index >= 15 is 0 Å². The Morgan fingerprint density at radius 3 is 2.71 bits per heavy atom. The Morgan fingerprint density at radius 1 is 1.53 bits per heavy atom. The number of hydrogen-bond donors (Lipinski definition) is 1. The highest BCUT2D eigenvalue weighted by Crippen LogP contribution is 2.50. The van der Waals surface area contributed by atoms with E-state index in [-0.39, 0.29) is 11.5 Å². The summed E-state index contributed by atoms with van der Waals surface area (Å²) in [6.45, 7) is 7.53. The Labute approximate surface area is 101 Å². The standard InChI is InChI=1S/C12H20N2O3/c1-8(15)17-14-11(2,3)9-5-6-12(14,4)10(7-9)13-16/h9,16H,5-7H2,1-4H3/b13-10-/t9-,12-/m0/s1. The summed E-state index contributed by atoms with van der Waals surface area (Å²) >= 11 is 0. The predicted octanol–water partition coefficient (Wildman–Crippen LogP) is 1.95. The lowest BCUT2D eigenvalue weighted by Gasteiger charge is -2.59. The van der Waals surface area contributed by atoms with Crippen LogP contribution in [0.2, 0.25) is 0 Å². The van der Waals surface area contributed by atoms with Gasteiger partial charge in [0.2, 0.25) is 0 Å². The maximum absolute atomic E-state index is 11.2. The zero-order chi connectivity index (χ0) is 12.8. The molecule has 0 unspecified atom stereocenters. The third kappa shape index (κ3) is 1.64. The highest BCUT2D eigenvalue weighted by molar-refractivity contribution is 5.94. The van der Waals surface area contributed by atoms with Gasteiger partial charge in [-0.05, 0) is 46.0 Å². The molecular weight excluding hydrogens is 220 g/mol. The van der Waals surface area contributed by atoms with Crippen LogP contribution in [0.15, 0.2) is 5.16 Å². The van der Waals surface area contributed by atoms with Gasteiger partial charge >= 0.3 is 5.97 Å². The minimum absolute atomic E-state index is 0.215. The van der Waals surface area contributed by atoms with Crippen molar-refractivity contribution in [3.63, 3.8) is 0 Å². The molecule has 0 radical (unpaired) electrons. The van der Waals surface area contributed by atoms with Crippen molar-refractivity contribution < 1.29 is 14.8 Å². The van der Waals surface area contributed by atoms with E-state index in [1.165, 1.54) is 6.92 Å². The molecule has 0 amide bonds. The molecule has 2 atom stereocenters. The normalized spacial score (nSPS) is 38.4. The van der Waals surface area contributed by atoms with E-state index in [9.17, 15) is 4.79 Å². The van der Waals surface area contributed by atoms with Crippen LogP contribution in [0.3, 0.4) is 0 Å². The van der Waals surface area contributed by atoms with E-state index in [0.29, 0.717) is 11.6 Å². The van der Waals surface area contributed by atoms with Crippen LogP contribution in [-0.2, 0) is 9.63 Å². The number of oxime groups is 1. The first-order valence-corrected chi connectivity index (χ1v) is 6.02. The van der Waals surface area contributed by atoms with Crippen molar-refractivity contribution in [2.45, 2.75) is 58.0 Å². The van der Waals surface area contributed by atoms with Gasteiger partial charge in [-0.15, -0.1) is 5.06 Å². The van der Waals surface area contributed by atoms with Crippen LogP contribution in [0.5, 0.6) is 0 Å². The Balaban J connectivity index is 2.42. The molecule has 2 heterocycles. The molecule has 0 aromatic rings. The number of carbonyl (C=O) groups is 1. The molecule has 2 saturated heterocycles. The predicted molar refractivity (Wildman–Crippen MR) is 62.7 cm³/mol. The summed E-state index contributed by atoms with van der Waals surface area (Å²) in [4.78, 5) is 16.6. The second-order valence-electron chi connectivity index (χ2n) is 5.79. The van der Waals surface area contributed by atoms with E-state index < -0.39 is 5.54 Å². The summed E-state index contributed by atoms with van der Waals surface area (Å²) < 4.78 is 0. The molecule has 1 saturated carbocycles. The van der Waals surface area contributed by atoms with Gasteiger partial charge in [-0.3, -0.25) is 4.79 Å². The molecule has 0 aromatic heterocycles. The monoisotopic (exact) mass is 240 g/mol. The number of nitrogens with zero attached hydrogens (tertiary/aromatic N) is 2. The number of carbonyl (C=O) groups excluding carboxylic acids is 1. The van der Waals surface area contributed by atoms with Crippen LogP contribution >= 0.6 is 0 Å². The quantitative estimate of drug-likeness (QED) is 0.562. The second-order valence-corrected chi connectivity index (χ2v) is 5.79. The van der Waals surface area contributed by atoms with Crippen molar-refractivity contribution in [3.8, 4) is 0 Å². The van der Waals surface area contributed by atoms with Crippen LogP contribution in [0, 0.1) is 5.92 Å². The molecule has 2 bridgehead atoms. The van der Waals surface area contributed by atoms with E-state index in [1.807, 2.05) is 6.92 Å². The highest BCUT2D eigenvalue weighted by Gasteiger charge is 2.59. The lowest BCUT2D eigenvalue weighted by atomic mass is 9.63. The van der Waals surface area contributed by atoms with Gasteiger partial charge in [0.25, 0.3) is 0 Å². The first-order chi connectivity index (χ1) is 7.82. The maximum atomic E-state index is 11.2. The molecule has 5 nitrogen and oxygen atoms in total. The van der Waals surface area contributed by atoms with Gasteiger partial charge in [0.15, 0.2) is 0 Å². The summed E-state index contributed by atoms with van der Waals surface area (Å²) in [7, 11) is 0.